The van der Waals surface area contributed by atoms with Crippen molar-refractivity contribution < 1.29 is 9.53 Å². The zero-order chi connectivity index (χ0) is 10.1. The second-order valence-corrected chi connectivity index (χ2v) is 3.68. The van der Waals surface area contributed by atoms with Crippen molar-refractivity contribution in [2.24, 2.45) is 7.05 Å². The third-order valence-corrected chi connectivity index (χ3v) is 2.69. The molecule has 2 rings (SSSR count). The van der Waals surface area contributed by atoms with Gasteiger partial charge in [-0.1, -0.05) is 0 Å². The quantitative estimate of drug-likeness (QED) is 0.627. The molecule has 0 fully saturated rings. The monoisotopic (exact) mass is 194 g/mol. The Balaban J connectivity index is 2.34. The first-order valence-electron chi connectivity index (χ1n) is 4.82. The van der Waals surface area contributed by atoms with Gasteiger partial charge in [0.05, 0.1) is 12.8 Å². The van der Waals surface area contributed by atoms with Crippen LogP contribution in [0.4, 0.5) is 0 Å². The number of ether oxygens (including phenoxy) is 1. The molecule has 0 spiro atoms. The van der Waals surface area contributed by atoms with Crippen molar-refractivity contribution in [2.75, 3.05) is 7.11 Å². The van der Waals surface area contributed by atoms with Gasteiger partial charge in [0.15, 0.2) is 0 Å². The van der Waals surface area contributed by atoms with Crippen molar-refractivity contribution >= 4 is 5.97 Å². The zero-order valence-corrected chi connectivity index (χ0v) is 8.49. The number of rotatable bonds is 1. The summed E-state index contributed by atoms with van der Waals surface area (Å²) in [6.07, 6.45) is 4.91. The average Bonchev–Trinajstić information content (AvgIpc) is 2.56. The van der Waals surface area contributed by atoms with Gasteiger partial charge in [-0.05, 0) is 24.8 Å². The standard InChI is InChI=1S/C10H14N2O2/c1-12-6-7-4-3-5-8(9(7)11-12)10(13)14-2/h6,8H,3-5H2,1-2H3. The first-order valence-corrected chi connectivity index (χ1v) is 4.82. The highest BCUT2D eigenvalue weighted by atomic mass is 16.5. The molecule has 76 valence electrons. The highest BCUT2D eigenvalue weighted by Crippen LogP contribution is 2.30. The number of methoxy groups -OCH3 is 1. The molecule has 0 radical (unpaired) electrons. The van der Waals surface area contributed by atoms with E-state index in [1.54, 1.807) is 4.68 Å². The van der Waals surface area contributed by atoms with Crippen LogP contribution in [0.1, 0.15) is 30.0 Å². The largest absolute Gasteiger partial charge is 0.469 e. The van der Waals surface area contributed by atoms with Gasteiger partial charge in [-0.3, -0.25) is 9.48 Å². The molecule has 1 aliphatic rings. The number of esters is 1. The predicted molar refractivity (Wildman–Crippen MR) is 50.9 cm³/mol. The lowest BCUT2D eigenvalue weighted by molar-refractivity contribution is -0.142. The van der Waals surface area contributed by atoms with E-state index in [4.69, 9.17) is 4.74 Å². The number of nitrogens with zero attached hydrogens (tertiary/aromatic N) is 2. The normalized spacial score (nSPS) is 20.3. The number of fused-ring (bicyclic) bond motifs is 1. The van der Waals surface area contributed by atoms with Crippen LogP contribution in [0.15, 0.2) is 6.20 Å². The van der Waals surface area contributed by atoms with Gasteiger partial charge in [-0.15, -0.1) is 0 Å². The van der Waals surface area contributed by atoms with Gasteiger partial charge in [-0.25, -0.2) is 0 Å². The topological polar surface area (TPSA) is 44.1 Å². The van der Waals surface area contributed by atoms with Crippen LogP contribution in [0, 0.1) is 0 Å². The van der Waals surface area contributed by atoms with Gasteiger partial charge in [0.25, 0.3) is 0 Å². The van der Waals surface area contributed by atoms with Gasteiger partial charge in [0.1, 0.15) is 5.92 Å². The summed E-state index contributed by atoms with van der Waals surface area (Å²) in [4.78, 5) is 11.5. The van der Waals surface area contributed by atoms with Gasteiger partial charge in [-0.2, -0.15) is 5.10 Å². The maximum atomic E-state index is 11.5. The minimum Gasteiger partial charge on any atom is -0.469 e. The molecule has 0 aliphatic heterocycles. The van der Waals surface area contributed by atoms with Crippen LogP contribution in [0.2, 0.25) is 0 Å². The summed E-state index contributed by atoms with van der Waals surface area (Å²) in [6, 6.07) is 0. The lowest BCUT2D eigenvalue weighted by Gasteiger charge is -2.18. The van der Waals surface area contributed by atoms with Gasteiger partial charge < -0.3 is 4.74 Å². The zero-order valence-electron chi connectivity index (χ0n) is 8.49. The number of aryl methyl sites for hydroxylation is 2. The van der Waals surface area contributed by atoms with Gasteiger partial charge >= 0.3 is 5.97 Å². The highest BCUT2D eigenvalue weighted by Gasteiger charge is 2.29. The molecule has 4 heteroatoms. The number of hydrogen-bond acceptors (Lipinski definition) is 3. The van der Waals surface area contributed by atoms with Crippen LogP contribution in [-0.4, -0.2) is 22.9 Å². The van der Waals surface area contributed by atoms with E-state index in [1.807, 2.05) is 13.2 Å². The molecule has 0 saturated carbocycles. The Labute approximate surface area is 82.9 Å². The summed E-state index contributed by atoms with van der Waals surface area (Å²) >= 11 is 0. The Morgan fingerprint density at radius 1 is 1.71 bits per heavy atom. The lowest BCUT2D eigenvalue weighted by atomic mass is 9.88. The fraction of sp³-hybridized carbons (Fsp3) is 0.600. The second-order valence-electron chi connectivity index (χ2n) is 3.68. The smallest absolute Gasteiger partial charge is 0.314 e. The molecular weight excluding hydrogens is 180 g/mol. The molecule has 1 aromatic heterocycles. The minimum absolute atomic E-state index is 0.148. The van der Waals surface area contributed by atoms with Gasteiger partial charge in [0, 0.05) is 13.2 Å². The summed E-state index contributed by atoms with van der Waals surface area (Å²) in [7, 11) is 3.31. The van der Waals surface area contributed by atoms with Crippen molar-refractivity contribution in [1.29, 1.82) is 0 Å². The van der Waals surface area contributed by atoms with Crippen LogP contribution in [0.5, 0.6) is 0 Å². The molecule has 4 nitrogen and oxygen atoms in total. The van der Waals surface area contributed by atoms with E-state index in [9.17, 15) is 4.79 Å². The fourth-order valence-corrected chi connectivity index (χ4v) is 2.05. The second kappa shape index (κ2) is 3.44. The van der Waals surface area contributed by atoms with Gasteiger partial charge in [0.2, 0.25) is 0 Å². The Morgan fingerprint density at radius 2 is 2.50 bits per heavy atom. The molecule has 1 aromatic rings. The van der Waals surface area contributed by atoms with E-state index in [0.29, 0.717) is 0 Å². The van der Waals surface area contributed by atoms with Crippen LogP contribution in [-0.2, 0) is 23.0 Å². The van der Waals surface area contributed by atoms with E-state index >= 15 is 0 Å². The SMILES string of the molecule is COC(=O)C1CCCc2cn(C)nc21. The number of carbonyl (C=O) groups is 1. The summed E-state index contributed by atoms with van der Waals surface area (Å²) < 4.78 is 6.54. The molecule has 0 saturated heterocycles. The van der Waals surface area contributed by atoms with Crippen LogP contribution >= 0.6 is 0 Å². The molecule has 0 aromatic carbocycles. The average molecular weight is 194 g/mol. The highest BCUT2D eigenvalue weighted by molar-refractivity contribution is 5.78. The lowest BCUT2D eigenvalue weighted by Crippen LogP contribution is -2.19. The van der Waals surface area contributed by atoms with E-state index in [2.05, 4.69) is 5.10 Å². The molecule has 14 heavy (non-hydrogen) atoms. The fourth-order valence-electron chi connectivity index (χ4n) is 2.05. The Hall–Kier alpha value is -1.32. The van der Waals surface area contributed by atoms with E-state index in [0.717, 1.165) is 25.0 Å². The number of hydrogen-bond donors (Lipinski definition) is 0. The molecule has 0 amide bonds. The summed E-state index contributed by atoms with van der Waals surface area (Å²) in [5, 5.41) is 4.32. The third-order valence-electron chi connectivity index (χ3n) is 2.69. The Kier molecular flexibility index (Phi) is 2.27. The maximum absolute atomic E-state index is 11.5. The Bertz CT molecular complexity index is 357. The molecule has 1 heterocycles. The molecular formula is C10H14N2O2. The van der Waals surface area contributed by atoms with Crippen LogP contribution < -0.4 is 0 Å². The van der Waals surface area contributed by atoms with Crippen molar-refractivity contribution in [3.8, 4) is 0 Å². The van der Waals surface area contributed by atoms with Crippen molar-refractivity contribution in [2.45, 2.75) is 25.2 Å². The molecule has 0 bridgehead atoms. The third kappa shape index (κ3) is 1.41. The summed E-state index contributed by atoms with van der Waals surface area (Å²) in [5.41, 5.74) is 2.10. The first kappa shape index (κ1) is 9.24. The molecule has 0 N–H and O–H groups in total. The first-order chi connectivity index (χ1) is 6.72. The van der Waals surface area contributed by atoms with Crippen molar-refractivity contribution in [3.63, 3.8) is 0 Å². The summed E-state index contributed by atoms with van der Waals surface area (Å²) in [6.45, 7) is 0. The molecule has 1 atom stereocenters. The Morgan fingerprint density at radius 3 is 3.21 bits per heavy atom. The number of aromatic nitrogens is 2. The van der Waals surface area contributed by atoms with Crippen LogP contribution in [0.3, 0.4) is 0 Å². The minimum atomic E-state index is -0.162. The van der Waals surface area contributed by atoms with E-state index in [1.165, 1.54) is 12.7 Å². The van der Waals surface area contributed by atoms with E-state index < -0.39 is 0 Å². The summed E-state index contributed by atoms with van der Waals surface area (Å²) in [5.74, 6) is -0.311. The predicted octanol–water partition coefficient (Wildman–Crippen LogP) is 1.01. The molecule has 1 unspecified atom stereocenters. The number of carbonyl (C=O) groups excluding carboxylic acids is 1. The maximum Gasteiger partial charge on any atom is 0.314 e. The van der Waals surface area contributed by atoms with Crippen molar-refractivity contribution in [3.05, 3.63) is 17.5 Å². The molecule has 1 aliphatic carbocycles. The van der Waals surface area contributed by atoms with Crippen molar-refractivity contribution in [1.82, 2.24) is 9.78 Å². The van der Waals surface area contributed by atoms with E-state index in [-0.39, 0.29) is 11.9 Å². The van der Waals surface area contributed by atoms with Crippen LogP contribution in [0.25, 0.3) is 0 Å².